The number of carbonyl (C=O) groups is 1. The van der Waals surface area contributed by atoms with Gasteiger partial charge in [0.25, 0.3) is 0 Å². The van der Waals surface area contributed by atoms with Gasteiger partial charge in [-0.3, -0.25) is 0 Å². The van der Waals surface area contributed by atoms with Crippen molar-refractivity contribution in [3.05, 3.63) is 28.8 Å². The van der Waals surface area contributed by atoms with Crippen LogP contribution in [0.3, 0.4) is 0 Å². The van der Waals surface area contributed by atoms with Gasteiger partial charge in [-0.05, 0) is 26.0 Å². The molecule has 0 aromatic carbocycles. The molecule has 0 spiro atoms. The van der Waals surface area contributed by atoms with E-state index in [1.54, 1.807) is 0 Å². The van der Waals surface area contributed by atoms with Gasteiger partial charge < -0.3 is 9.64 Å². The van der Waals surface area contributed by atoms with Crippen molar-refractivity contribution in [1.29, 1.82) is 0 Å². The summed E-state index contributed by atoms with van der Waals surface area (Å²) < 4.78 is 18.3. The lowest BCUT2D eigenvalue weighted by Gasteiger charge is -2.28. The maximum atomic E-state index is 13.0. The van der Waals surface area contributed by atoms with Crippen LogP contribution in [0.2, 0.25) is 5.15 Å². The van der Waals surface area contributed by atoms with E-state index < -0.39 is 11.8 Å². The van der Waals surface area contributed by atoms with Crippen molar-refractivity contribution in [2.75, 3.05) is 20.1 Å². The third kappa shape index (κ3) is 3.17. The normalized spacial score (nSPS) is 17.7. The first-order valence-corrected chi connectivity index (χ1v) is 6.14. The number of hydrogen-bond donors (Lipinski definition) is 0. The van der Waals surface area contributed by atoms with Crippen molar-refractivity contribution in [1.82, 2.24) is 9.88 Å². The largest absolute Gasteiger partial charge is 0.459 e. The number of halogens is 2. The first kappa shape index (κ1) is 13.2. The van der Waals surface area contributed by atoms with E-state index in [1.807, 2.05) is 7.05 Å². The van der Waals surface area contributed by atoms with E-state index in [0.29, 0.717) is 0 Å². The van der Waals surface area contributed by atoms with Crippen LogP contribution in [0.25, 0.3) is 0 Å². The molecule has 2 heterocycles. The van der Waals surface area contributed by atoms with Crippen molar-refractivity contribution in [2.45, 2.75) is 18.9 Å². The van der Waals surface area contributed by atoms with Gasteiger partial charge in [-0.1, -0.05) is 11.6 Å². The highest BCUT2D eigenvalue weighted by Crippen LogP contribution is 2.18. The van der Waals surface area contributed by atoms with Crippen LogP contribution in [-0.2, 0) is 4.74 Å². The van der Waals surface area contributed by atoms with Gasteiger partial charge in [0.05, 0.1) is 11.8 Å². The highest BCUT2D eigenvalue weighted by Gasteiger charge is 2.22. The lowest BCUT2D eigenvalue weighted by molar-refractivity contribution is 0.0138. The quantitative estimate of drug-likeness (QED) is 0.611. The molecule has 0 saturated carbocycles. The van der Waals surface area contributed by atoms with Crippen molar-refractivity contribution in [3.8, 4) is 0 Å². The molecule has 1 aliphatic rings. The molecule has 1 aromatic rings. The van der Waals surface area contributed by atoms with Gasteiger partial charge in [-0.25, -0.2) is 14.2 Å². The minimum Gasteiger partial charge on any atom is -0.459 e. The summed E-state index contributed by atoms with van der Waals surface area (Å²) in [5, 5.41) is -0.0330. The van der Waals surface area contributed by atoms with Crippen LogP contribution in [0.5, 0.6) is 0 Å². The molecular formula is C12H14ClFN2O2. The summed E-state index contributed by atoms with van der Waals surface area (Å²) in [6, 6.07) is 1.05. The molecule has 1 fully saturated rings. The molecule has 4 nitrogen and oxygen atoms in total. The first-order valence-electron chi connectivity index (χ1n) is 5.77. The highest BCUT2D eigenvalue weighted by atomic mass is 35.5. The van der Waals surface area contributed by atoms with Gasteiger partial charge in [0.2, 0.25) is 0 Å². The summed E-state index contributed by atoms with van der Waals surface area (Å²) in [7, 11) is 2.02. The average molecular weight is 273 g/mol. The molecular weight excluding hydrogens is 259 g/mol. The number of hydrogen-bond acceptors (Lipinski definition) is 4. The molecule has 6 heteroatoms. The minimum atomic E-state index is -0.610. The number of rotatable bonds is 2. The maximum Gasteiger partial charge on any atom is 0.341 e. The smallest absolute Gasteiger partial charge is 0.341 e. The zero-order chi connectivity index (χ0) is 13.1. The fourth-order valence-corrected chi connectivity index (χ4v) is 2.06. The number of ether oxygens (including phenoxy) is 1. The van der Waals surface area contributed by atoms with E-state index in [-0.39, 0.29) is 16.8 Å². The fourth-order valence-electron chi connectivity index (χ4n) is 1.88. The summed E-state index contributed by atoms with van der Waals surface area (Å²) >= 11 is 5.75. The second-order valence-electron chi connectivity index (χ2n) is 4.40. The van der Waals surface area contributed by atoms with Crippen LogP contribution in [0.4, 0.5) is 4.39 Å². The number of carbonyl (C=O) groups excluding carboxylic acids is 1. The summed E-state index contributed by atoms with van der Waals surface area (Å²) in [5.74, 6) is -1.21. The van der Waals surface area contributed by atoms with Crippen LogP contribution >= 0.6 is 11.6 Å². The van der Waals surface area contributed by atoms with E-state index in [4.69, 9.17) is 16.3 Å². The Morgan fingerprint density at radius 1 is 1.56 bits per heavy atom. The average Bonchev–Trinajstić information content (AvgIpc) is 2.35. The molecule has 0 bridgehead atoms. The van der Waals surface area contributed by atoms with Crippen molar-refractivity contribution >= 4 is 17.6 Å². The topological polar surface area (TPSA) is 42.4 Å². The summed E-state index contributed by atoms with van der Waals surface area (Å²) in [5.41, 5.74) is -0.0180. The molecule has 1 aliphatic heterocycles. The van der Waals surface area contributed by atoms with Crippen molar-refractivity contribution in [2.24, 2.45) is 0 Å². The van der Waals surface area contributed by atoms with Gasteiger partial charge in [0.1, 0.15) is 17.1 Å². The van der Waals surface area contributed by atoms with E-state index in [9.17, 15) is 9.18 Å². The summed E-state index contributed by atoms with van der Waals surface area (Å²) in [6.07, 6.45) is 2.40. The minimum absolute atomic E-state index is 0.0180. The van der Waals surface area contributed by atoms with Crippen LogP contribution < -0.4 is 0 Å². The van der Waals surface area contributed by atoms with Crippen LogP contribution in [0.1, 0.15) is 23.2 Å². The van der Waals surface area contributed by atoms with Gasteiger partial charge >= 0.3 is 5.97 Å². The molecule has 0 aliphatic carbocycles. The first-order chi connectivity index (χ1) is 8.56. The highest BCUT2D eigenvalue weighted by molar-refractivity contribution is 6.32. The second kappa shape index (κ2) is 5.63. The molecule has 1 saturated heterocycles. The monoisotopic (exact) mass is 272 g/mol. The number of piperidine rings is 1. The van der Waals surface area contributed by atoms with E-state index in [2.05, 4.69) is 9.88 Å². The molecule has 18 heavy (non-hydrogen) atoms. The SMILES string of the molecule is CN1CCC(OC(=O)c2cc(F)cnc2Cl)CC1. The maximum absolute atomic E-state index is 13.0. The van der Waals surface area contributed by atoms with Crippen LogP contribution in [0.15, 0.2) is 12.3 Å². The summed E-state index contributed by atoms with van der Waals surface area (Å²) in [6.45, 7) is 1.76. The molecule has 0 N–H and O–H groups in total. The fraction of sp³-hybridized carbons (Fsp3) is 0.500. The number of nitrogens with zero attached hydrogens (tertiary/aromatic N) is 2. The van der Waals surface area contributed by atoms with E-state index in [1.165, 1.54) is 0 Å². The van der Waals surface area contributed by atoms with Crippen LogP contribution in [-0.4, -0.2) is 42.1 Å². The molecule has 0 unspecified atom stereocenters. The van der Waals surface area contributed by atoms with Crippen molar-refractivity contribution < 1.29 is 13.9 Å². The second-order valence-corrected chi connectivity index (χ2v) is 4.76. The molecule has 2 rings (SSSR count). The Morgan fingerprint density at radius 2 is 2.22 bits per heavy atom. The van der Waals surface area contributed by atoms with Gasteiger partial charge in [-0.2, -0.15) is 0 Å². The third-order valence-corrected chi connectivity index (χ3v) is 3.27. The molecule has 0 atom stereocenters. The Balaban J connectivity index is 2.01. The lowest BCUT2D eigenvalue weighted by atomic mass is 10.1. The van der Waals surface area contributed by atoms with E-state index in [0.717, 1.165) is 38.2 Å². The number of pyridine rings is 1. The zero-order valence-electron chi connectivity index (χ0n) is 10.0. The third-order valence-electron chi connectivity index (χ3n) is 2.96. The Labute approximate surface area is 110 Å². The van der Waals surface area contributed by atoms with Gasteiger partial charge in [-0.15, -0.1) is 0 Å². The Bertz CT molecular complexity index is 448. The standard InChI is InChI=1S/C12H14ClFN2O2/c1-16-4-2-9(3-5-16)18-12(17)10-6-8(14)7-15-11(10)13/h6-7,9H,2-5H2,1H3. The number of esters is 1. The van der Waals surface area contributed by atoms with E-state index >= 15 is 0 Å². The number of aromatic nitrogens is 1. The zero-order valence-corrected chi connectivity index (χ0v) is 10.8. The molecule has 98 valence electrons. The van der Waals surface area contributed by atoms with Gasteiger partial charge in [0.15, 0.2) is 0 Å². The molecule has 0 radical (unpaired) electrons. The Hall–Kier alpha value is -1.20. The molecule has 1 aromatic heterocycles. The van der Waals surface area contributed by atoms with Gasteiger partial charge in [0, 0.05) is 13.1 Å². The predicted molar refractivity (Wildman–Crippen MR) is 65.1 cm³/mol. The molecule has 0 amide bonds. The van der Waals surface area contributed by atoms with Crippen molar-refractivity contribution in [3.63, 3.8) is 0 Å². The number of likely N-dealkylation sites (tertiary alicyclic amines) is 1. The predicted octanol–water partition coefficient (Wildman–Crippen LogP) is 2.13. The van der Waals surface area contributed by atoms with Crippen LogP contribution in [0, 0.1) is 5.82 Å². The summed E-state index contributed by atoms with van der Waals surface area (Å²) in [4.78, 5) is 17.6. The lowest BCUT2D eigenvalue weighted by Crippen LogP contribution is -2.35. The Kier molecular flexibility index (Phi) is 4.14. The Morgan fingerprint density at radius 3 is 2.89 bits per heavy atom.